The van der Waals surface area contributed by atoms with Crippen molar-refractivity contribution in [3.63, 3.8) is 0 Å². The molecule has 0 atom stereocenters. The zero-order valence-corrected chi connectivity index (χ0v) is 35.9. The molecule has 0 bridgehead atoms. The molecule has 14 heteroatoms. The van der Waals surface area contributed by atoms with Crippen molar-refractivity contribution in [3.8, 4) is 23.0 Å². The van der Waals surface area contributed by atoms with Crippen molar-refractivity contribution >= 4 is 23.9 Å². The average Bonchev–Trinajstić information content (AvgIpc) is 3.20. The second-order valence-corrected chi connectivity index (χ2v) is 13.7. The summed E-state index contributed by atoms with van der Waals surface area (Å²) < 4.78 is 45.2. The minimum Gasteiger partial charge on any atom is -0.493 e. The van der Waals surface area contributed by atoms with Crippen LogP contribution in [-0.2, 0) is 38.1 Å². The van der Waals surface area contributed by atoms with E-state index in [2.05, 4.69) is 10.6 Å². The number of benzene rings is 2. The van der Waals surface area contributed by atoms with Crippen LogP contribution >= 0.6 is 0 Å². The first-order valence-electron chi connectivity index (χ1n) is 20.0. The lowest BCUT2D eigenvalue weighted by molar-refractivity contribution is -0.141. The van der Waals surface area contributed by atoms with Crippen molar-refractivity contribution < 1.29 is 57.1 Å². The highest BCUT2D eigenvalue weighted by Crippen LogP contribution is 2.44. The van der Waals surface area contributed by atoms with Crippen molar-refractivity contribution in [1.82, 2.24) is 10.6 Å². The topological polar surface area (TPSA) is 166 Å². The second kappa shape index (κ2) is 21.7. The fourth-order valence-electron chi connectivity index (χ4n) is 7.28. The summed E-state index contributed by atoms with van der Waals surface area (Å²) in [7, 11) is 3.07. The maximum Gasteiger partial charge on any atom is 0.336 e. The van der Waals surface area contributed by atoms with Gasteiger partial charge in [-0.1, -0.05) is 12.1 Å². The molecule has 0 unspecified atom stereocenters. The van der Waals surface area contributed by atoms with E-state index in [0.717, 1.165) is 19.3 Å². The third kappa shape index (κ3) is 10.8. The van der Waals surface area contributed by atoms with Gasteiger partial charge in [0.2, 0.25) is 0 Å². The summed E-state index contributed by atoms with van der Waals surface area (Å²) in [6.45, 7) is 15.6. The van der Waals surface area contributed by atoms with Crippen LogP contribution < -0.4 is 29.6 Å². The highest BCUT2D eigenvalue weighted by Gasteiger charge is 2.40. The van der Waals surface area contributed by atoms with Crippen LogP contribution in [0.3, 0.4) is 0 Å². The van der Waals surface area contributed by atoms with Crippen LogP contribution in [0, 0.1) is 0 Å². The lowest BCUT2D eigenvalue weighted by atomic mass is 9.80. The van der Waals surface area contributed by atoms with Crippen LogP contribution in [0.15, 0.2) is 81.5 Å². The number of carbonyl (C=O) groups is 4. The van der Waals surface area contributed by atoms with E-state index in [1.54, 1.807) is 79.7 Å². The molecular formula is C45H58N2O12. The Morgan fingerprint density at radius 3 is 1.05 bits per heavy atom. The number of esters is 4. The smallest absolute Gasteiger partial charge is 0.336 e. The molecule has 0 amide bonds. The Bertz CT molecular complexity index is 1790. The summed E-state index contributed by atoms with van der Waals surface area (Å²) in [5, 5.41) is 6.30. The van der Waals surface area contributed by atoms with Gasteiger partial charge in [-0.15, -0.1) is 0 Å². The standard InChI is InChI=1S/C45H58N2O12/c1-11-54-42(48)36-26(5)46-27(6)37(43(49)55-12-2)40(36)30-18-20-32(34(24-30)52-9)58-22-16-15-17-23-59-33-21-19-31(25-35(33)53-10)41-38(44(50)56-13-3)28(7)47-29(8)39(41)45(51)57-14-4/h18-21,24-25,40-41,46-47H,11-17,22-23H2,1-10H3. The fourth-order valence-corrected chi connectivity index (χ4v) is 7.28. The molecule has 2 aliphatic heterocycles. The molecule has 0 spiro atoms. The van der Waals surface area contributed by atoms with Gasteiger partial charge in [0.25, 0.3) is 0 Å². The van der Waals surface area contributed by atoms with Crippen molar-refractivity contribution in [2.24, 2.45) is 0 Å². The van der Waals surface area contributed by atoms with Gasteiger partial charge in [-0.3, -0.25) is 0 Å². The number of methoxy groups -OCH3 is 2. The first-order chi connectivity index (χ1) is 28.4. The Labute approximate surface area is 346 Å². The Hall–Kier alpha value is -5.92. The SMILES string of the molecule is CCOC(=O)C1=C(C)NC(C)=C(C(=O)OCC)C1c1ccc(OCCCCCOc2ccc(C3C(C(=O)OCC)=C(C)NC(C)=C3C(=O)OCC)cc2OC)c(OC)c1. The molecule has 320 valence electrons. The summed E-state index contributed by atoms with van der Waals surface area (Å²) in [6, 6.07) is 10.7. The summed E-state index contributed by atoms with van der Waals surface area (Å²) in [6.07, 6.45) is 2.25. The van der Waals surface area contributed by atoms with E-state index in [1.165, 1.54) is 14.2 Å². The van der Waals surface area contributed by atoms with Gasteiger partial charge in [0, 0.05) is 22.8 Å². The predicted octanol–water partition coefficient (Wildman–Crippen LogP) is 7.05. The van der Waals surface area contributed by atoms with Crippen molar-refractivity contribution in [2.45, 2.75) is 86.5 Å². The number of ether oxygens (including phenoxy) is 8. The van der Waals surface area contributed by atoms with Crippen molar-refractivity contribution in [2.75, 3.05) is 53.9 Å². The zero-order chi connectivity index (χ0) is 43.2. The summed E-state index contributed by atoms with van der Waals surface area (Å²) in [4.78, 5) is 52.8. The van der Waals surface area contributed by atoms with E-state index in [9.17, 15) is 19.2 Å². The number of unbranched alkanes of at least 4 members (excludes halogenated alkanes) is 2. The molecule has 0 fully saturated rings. The van der Waals surface area contributed by atoms with Crippen LogP contribution in [0.25, 0.3) is 0 Å². The van der Waals surface area contributed by atoms with Crippen molar-refractivity contribution in [3.05, 3.63) is 92.6 Å². The van der Waals surface area contributed by atoms with Crippen LogP contribution in [0.1, 0.15) is 97.6 Å². The van der Waals surface area contributed by atoms with Gasteiger partial charge in [0.05, 0.1) is 88.0 Å². The number of rotatable bonds is 20. The first kappa shape index (κ1) is 45.8. The van der Waals surface area contributed by atoms with Gasteiger partial charge in [-0.05, 0) is 110 Å². The molecule has 2 N–H and O–H groups in total. The summed E-state index contributed by atoms with van der Waals surface area (Å²) in [5.74, 6) is -1.66. The molecule has 2 aliphatic rings. The number of dihydropyridines is 2. The Kier molecular flexibility index (Phi) is 16.9. The lowest BCUT2D eigenvalue weighted by Crippen LogP contribution is -2.32. The highest BCUT2D eigenvalue weighted by atomic mass is 16.5. The average molecular weight is 819 g/mol. The highest BCUT2D eigenvalue weighted by molar-refractivity contribution is 6.01. The third-order valence-electron chi connectivity index (χ3n) is 9.85. The maximum absolute atomic E-state index is 13.2. The summed E-state index contributed by atoms with van der Waals surface area (Å²) in [5.41, 5.74) is 4.92. The van der Waals surface area contributed by atoms with Crippen LogP contribution in [-0.4, -0.2) is 77.7 Å². The molecule has 14 nitrogen and oxygen atoms in total. The lowest BCUT2D eigenvalue weighted by Gasteiger charge is -2.30. The molecule has 2 aromatic carbocycles. The van der Waals surface area contributed by atoms with Crippen LogP contribution in [0.5, 0.6) is 23.0 Å². The number of hydrogen-bond donors (Lipinski definition) is 2. The van der Waals surface area contributed by atoms with E-state index < -0.39 is 35.7 Å². The number of nitrogens with one attached hydrogen (secondary N) is 2. The number of hydrogen-bond acceptors (Lipinski definition) is 14. The zero-order valence-electron chi connectivity index (χ0n) is 35.9. The minimum absolute atomic E-state index is 0.179. The number of carbonyl (C=O) groups excluding carboxylic acids is 4. The molecule has 4 rings (SSSR count). The predicted molar refractivity (Wildman–Crippen MR) is 220 cm³/mol. The molecular weight excluding hydrogens is 760 g/mol. The van der Waals surface area contributed by atoms with E-state index in [0.29, 0.717) is 92.4 Å². The maximum atomic E-state index is 13.2. The van der Waals surface area contributed by atoms with Gasteiger partial charge in [0.15, 0.2) is 23.0 Å². The Morgan fingerprint density at radius 1 is 0.475 bits per heavy atom. The summed E-state index contributed by atoms with van der Waals surface area (Å²) >= 11 is 0. The molecule has 0 saturated heterocycles. The molecule has 0 aromatic heterocycles. The van der Waals surface area contributed by atoms with E-state index in [1.807, 2.05) is 12.1 Å². The molecule has 0 aliphatic carbocycles. The number of allylic oxidation sites excluding steroid dienone is 4. The van der Waals surface area contributed by atoms with Crippen LogP contribution in [0.2, 0.25) is 0 Å². The largest absolute Gasteiger partial charge is 0.493 e. The first-order valence-corrected chi connectivity index (χ1v) is 20.0. The molecule has 0 radical (unpaired) electrons. The van der Waals surface area contributed by atoms with E-state index >= 15 is 0 Å². The van der Waals surface area contributed by atoms with E-state index in [4.69, 9.17) is 37.9 Å². The Morgan fingerprint density at radius 2 is 0.780 bits per heavy atom. The normalized spacial score (nSPS) is 14.7. The quantitative estimate of drug-likeness (QED) is 0.0793. The fraction of sp³-hybridized carbons (Fsp3) is 0.467. The van der Waals surface area contributed by atoms with Gasteiger partial charge in [0.1, 0.15) is 0 Å². The molecule has 2 heterocycles. The monoisotopic (exact) mass is 818 g/mol. The van der Waals surface area contributed by atoms with Gasteiger partial charge >= 0.3 is 23.9 Å². The van der Waals surface area contributed by atoms with Gasteiger partial charge in [-0.2, -0.15) is 0 Å². The van der Waals surface area contributed by atoms with Crippen LogP contribution in [0.4, 0.5) is 0 Å². The van der Waals surface area contributed by atoms with Gasteiger partial charge < -0.3 is 48.5 Å². The minimum atomic E-state index is -0.747. The second-order valence-electron chi connectivity index (χ2n) is 13.7. The third-order valence-corrected chi connectivity index (χ3v) is 9.85. The molecule has 2 aromatic rings. The van der Waals surface area contributed by atoms with E-state index in [-0.39, 0.29) is 26.4 Å². The molecule has 59 heavy (non-hydrogen) atoms. The molecule has 0 saturated carbocycles. The van der Waals surface area contributed by atoms with Gasteiger partial charge in [-0.25, -0.2) is 19.2 Å². The Balaban J connectivity index is 1.42. The van der Waals surface area contributed by atoms with Crippen molar-refractivity contribution in [1.29, 1.82) is 0 Å².